The summed E-state index contributed by atoms with van der Waals surface area (Å²) in [5.41, 5.74) is 0.715. The van der Waals surface area contributed by atoms with Gasteiger partial charge in [0.1, 0.15) is 17.5 Å². The molecule has 2 N–H and O–H groups in total. The molecule has 0 amide bonds. The van der Waals surface area contributed by atoms with E-state index in [0.29, 0.717) is 5.69 Å². The SMILES string of the molecule is CN=C(NCCCN1CCN(c2ccccc2F)CC1)NC1CCCn2nc(C)nc21.I. The number of anilines is 1. The number of fused-ring (bicyclic) bond motifs is 1. The Labute approximate surface area is 206 Å². The number of nitrogens with one attached hydrogen (secondary N) is 2. The Kier molecular flexibility index (Phi) is 9.09. The van der Waals surface area contributed by atoms with E-state index in [4.69, 9.17) is 0 Å². The van der Waals surface area contributed by atoms with Crippen LogP contribution in [0.3, 0.4) is 0 Å². The molecule has 0 aliphatic carbocycles. The van der Waals surface area contributed by atoms with Crippen molar-refractivity contribution in [3.8, 4) is 0 Å². The number of para-hydroxylation sites is 1. The monoisotopic (exact) mass is 556 g/mol. The van der Waals surface area contributed by atoms with Gasteiger partial charge in [-0.3, -0.25) is 9.89 Å². The van der Waals surface area contributed by atoms with Gasteiger partial charge in [-0.15, -0.1) is 24.0 Å². The summed E-state index contributed by atoms with van der Waals surface area (Å²) in [6, 6.07) is 7.18. The Bertz CT molecular complexity index is 894. The number of halogens is 2. The van der Waals surface area contributed by atoms with Gasteiger partial charge in [-0.05, 0) is 44.9 Å². The van der Waals surface area contributed by atoms with Crippen molar-refractivity contribution in [2.75, 3.05) is 51.2 Å². The Morgan fingerprint density at radius 1 is 1.19 bits per heavy atom. The first kappa shape index (κ1) is 24.7. The lowest BCUT2D eigenvalue weighted by atomic mass is 10.1. The zero-order chi connectivity index (χ0) is 21.6. The molecule has 4 rings (SSSR count). The number of guanidine groups is 1. The highest BCUT2D eigenvalue weighted by Crippen LogP contribution is 2.23. The number of benzene rings is 1. The van der Waals surface area contributed by atoms with Gasteiger partial charge in [-0.2, -0.15) is 5.10 Å². The summed E-state index contributed by atoms with van der Waals surface area (Å²) in [6.07, 6.45) is 3.15. The lowest BCUT2D eigenvalue weighted by molar-refractivity contribution is 0.254. The fourth-order valence-corrected chi connectivity index (χ4v) is 4.39. The van der Waals surface area contributed by atoms with Crippen LogP contribution >= 0.6 is 24.0 Å². The highest BCUT2D eigenvalue weighted by atomic mass is 127. The van der Waals surface area contributed by atoms with Gasteiger partial charge in [0.2, 0.25) is 0 Å². The molecule has 2 aliphatic rings. The molecule has 3 heterocycles. The second-order valence-corrected chi connectivity index (χ2v) is 8.21. The molecule has 0 spiro atoms. The van der Waals surface area contributed by atoms with Crippen LogP contribution in [0.15, 0.2) is 29.3 Å². The van der Waals surface area contributed by atoms with E-state index in [9.17, 15) is 4.39 Å². The topological polar surface area (TPSA) is 73.6 Å². The molecule has 2 aliphatic heterocycles. The van der Waals surface area contributed by atoms with Crippen molar-refractivity contribution < 1.29 is 4.39 Å². The van der Waals surface area contributed by atoms with Crippen molar-refractivity contribution >= 4 is 35.6 Å². The molecular weight excluding hydrogens is 522 g/mol. The lowest BCUT2D eigenvalue weighted by Gasteiger charge is -2.36. The highest BCUT2D eigenvalue weighted by Gasteiger charge is 2.24. The fraction of sp³-hybridized carbons (Fsp3) is 0.591. The third-order valence-corrected chi connectivity index (χ3v) is 6.02. The molecule has 8 nitrogen and oxygen atoms in total. The van der Waals surface area contributed by atoms with Gasteiger partial charge >= 0.3 is 0 Å². The maximum Gasteiger partial charge on any atom is 0.191 e. The van der Waals surface area contributed by atoms with Crippen molar-refractivity contribution in [2.24, 2.45) is 4.99 Å². The maximum atomic E-state index is 14.0. The Morgan fingerprint density at radius 3 is 2.72 bits per heavy atom. The number of piperazine rings is 1. The molecule has 0 saturated carbocycles. The van der Waals surface area contributed by atoms with Crippen molar-refractivity contribution in [3.05, 3.63) is 41.7 Å². The summed E-state index contributed by atoms with van der Waals surface area (Å²) in [4.78, 5) is 13.5. The second kappa shape index (κ2) is 11.8. The van der Waals surface area contributed by atoms with Crippen LogP contribution in [0, 0.1) is 12.7 Å². The van der Waals surface area contributed by atoms with Crippen molar-refractivity contribution in [2.45, 2.75) is 38.8 Å². The van der Waals surface area contributed by atoms with Crippen LogP contribution < -0.4 is 15.5 Å². The molecule has 1 unspecified atom stereocenters. The van der Waals surface area contributed by atoms with Crippen LogP contribution in [0.1, 0.15) is 37.0 Å². The molecule has 2 aromatic rings. The Hall–Kier alpha value is -1.95. The van der Waals surface area contributed by atoms with E-state index in [1.54, 1.807) is 13.1 Å². The smallest absolute Gasteiger partial charge is 0.191 e. The predicted molar refractivity (Wildman–Crippen MR) is 136 cm³/mol. The van der Waals surface area contributed by atoms with Gasteiger partial charge in [0, 0.05) is 46.3 Å². The van der Waals surface area contributed by atoms with Gasteiger partial charge in [-0.25, -0.2) is 14.1 Å². The van der Waals surface area contributed by atoms with Crippen LogP contribution in [0.2, 0.25) is 0 Å². The minimum absolute atomic E-state index is 0. The van der Waals surface area contributed by atoms with E-state index in [0.717, 1.165) is 82.7 Å². The summed E-state index contributed by atoms with van der Waals surface area (Å²) in [5, 5.41) is 11.4. The summed E-state index contributed by atoms with van der Waals surface area (Å²) < 4.78 is 16.0. The normalized spacial score (nSPS) is 19.3. The second-order valence-electron chi connectivity index (χ2n) is 8.21. The Balaban J connectivity index is 0.00000289. The molecule has 1 saturated heterocycles. The molecule has 1 aromatic carbocycles. The van der Waals surface area contributed by atoms with E-state index in [1.165, 1.54) is 6.07 Å². The van der Waals surface area contributed by atoms with Gasteiger partial charge in [0.05, 0.1) is 11.7 Å². The summed E-state index contributed by atoms with van der Waals surface area (Å²) >= 11 is 0. The van der Waals surface area contributed by atoms with Crippen molar-refractivity contribution in [3.63, 3.8) is 0 Å². The molecule has 1 aromatic heterocycles. The first-order valence-electron chi connectivity index (χ1n) is 11.2. The minimum atomic E-state index is -0.134. The third kappa shape index (κ3) is 6.09. The molecular formula is C22H34FIN8. The van der Waals surface area contributed by atoms with E-state index < -0.39 is 0 Å². The number of rotatable bonds is 6. The quantitative estimate of drug-likeness (QED) is 0.247. The highest BCUT2D eigenvalue weighted by molar-refractivity contribution is 14.0. The largest absolute Gasteiger partial charge is 0.367 e. The van der Waals surface area contributed by atoms with Crippen molar-refractivity contribution in [1.29, 1.82) is 0 Å². The Morgan fingerprint density at radius 2 is 1.97 bits per heavy atom. The van der Waals surface area contributed by atoms with E-state index in [1.807, 2.05) is 23.7 Å². The van der Waals surface area contributed by atoms with Crippen LogP contribution in [0.4, 0.5) is 10.1 Å². The number of hydrogen-bond acceptors (Lipinski definition) is 5. The van der Waals surface area contributed by atoms with Crippen LogP contribution in [0.25, 0.3) is 0 Å². The maximum absolute atomic E-state index is 14.0. The molecule has 1 fully saturated rings. The fourth-order valence-electron chi connectivity index (χ4n) is 4.39. The molecule has 0 radical (unpaired) electrons. The molecule has 10 heteroatoms. The first-order valence-corrected chi connectivity index (χ1v) is 11.2. The average molecular weight is 556 g/mol. The zero-order valence-corrected chi connectivity index (χ0v) is 21.3. The van der Waals surface area contributed by atoms with Crippen LogP contribution in [-0.4, -0.2) is 71.9 Å². The molecule has 0 bridgehead atoms. The van der Waals surface area contributed by atoms with E-state index in [-0.39, 0.29) is 35.8 Å². The first-order chi connectivity index (χ1) is 15.1. The van der Waals surface area contributed by atoms with Gasteiger partial charge in [0.25, 0.3) is 0 Å². The number of hydrogen-bond donors (Lipinski definition) is 2. The zero-order valence-electron chi connectivity index (χ0n) is 18.9. The molecule has 32 heavy (non-hydrogen) atoms. The van der Waals surface area contributed by atoms with Gasteiger partial charge < -0.3 is 15.5 Å². The van der Waals surface area contributed by atoms with Gasteiger partial charge in [-0.1, -0.05) is 12.1 Å². The number of aromatic nitrogens is 3. The molecule has 1 atom stereocenters. The number of aryl methyl sites for hydroxylation is 2. The average Bonchev–Trinajstić information content (AvgIpc) is 3.18. The predicted octanol–water partition coefficient (Wildman–Crippen LogP) is 2.56. The lowest BCUT2D eigenvalue weighted by Crippen LogP contribution is -2.47. The van der Waals surface area contributed by atoms with E-state index in [2.05, 4.69) is 35.5 Å². The molecule has 176 valence electrons. The third-order valence-electron chi connectivity index (χ3n) is 6.02. The van der Waals surface area contributed by atoms with Gasteiger partial charge in [0.15, 0.2) is 5.96 Å². The number of aliphatic imine (C=N–C) groups is 1. The summed E-state index contributed by atoms with van der Waals surface area (Å²) in [5.74, 6) is 2.50. The number of nitrogens with zero attached hydrogens (tertiary/aromatic N) is 6. The summed E-state index contributed by atoms with van der Waals surface area (Å²) in [6.45, 7) is 8.38. The minimum Gasteiger partial charge on any atom is -0.367 e. The van der Waals surface area contributed by atoms with E-state index >= 15 is 0 Å². The summed E-state index contributed by atoms with van der Waals surface area (Å²) in [7, 11) is 1.80. The standard InChI is InChI=1S/C22H33FN8.HI/c1-17-26-21-19(8-5-12-31(21)28-17)27-22(24-2)25-10-6-11-29-13-15-30(16-14-29)20-9-4-3-7-18(20)23;/h3-4,7,9,19H,5-6,8,10-16H2,1-2H3,(H2,24,25,27);1H. The van der Waals surface area contributed by atoms with Crippen LogP contribution in [-0.2, 0) is 6.54 Å². The van der Waals surface area contributed by atoms with Crippen molar-refractivity contribution in [1.82, 2.24) is 30.3 Å². The van der Waals surface area contributed by atoms with Crippen LogP contribution in [0.5, 0.6) is 0 Å².